The number of aliphatic imine (C=N–C) groups is 1. The first-order valence-corrected chi connectivity index (χ1v) is 22.4. The van der Waals surface area contributed by atoms with Crippen LogP contribution in [0.15, 0.2) is 222 Å². The van der Waals surface area contributed by atoms with Gasteiger partial charge in [0.25, 0.3) is 0 Å². The number of fused-ring (bicyclic) bond motifs is 6. The lowest BCUT2D eigenvalue weighted by atomic mass is 9.79. The molecule has 0 amide bonds. The van der Waals surface area contributed by atoms with Crippen molar-refractivity contribution in [2.75, 3.05) is 4.90 Å². The summed E-state index contributed by atoms with van der Waals surface area (Å²) in [7, 11) is 0. The van der Waals surface area contributed by atoms with E-state index < -0.39 is 0 Å². The molecule has 0 spiro atoms. The van der Waals surface area contributed by atoms with Crippen LogP contribution in [0.2, 0.25) is 0 Å². The molecule has 0 saturated heterocycles. The number of nitrogens with one attached hydrogen (secondary N) is 1. The Labute approximate surface area is 364 Å². The molecule has 0 fully saturated rings. The topological polar surface area (TPSA) is 32.6 Å². The number of hydrogen-bond donors (Lipinski definition) is 1. The molecule has 62 heavy (non-hydrogen) atoms. The van der Waals surface area contributed by atoms with E-state index in [0.29, 0.717) is 5.92 Å². The molecule has 12 rings (SSSR count). The zero-order valence-electron chi connectivity index (χ0n) is 34.7. The summed E-state index contributed by atoms with van der Waals surface area (Å²) < 4.78 is 2.50. The van der Waals surface area contributed by atoms with Gasteiger partial charge in [-0.2, -0.15) is 0 Å². The summed E-state index contributed by atoms with van der Waals surface area (Å²) in [5, 5.41) is 5.22. The normalized spacial score (nSPS) is 22.2. The van der Waals surface area contributed by atoms with E-state index in [-0.39, 0.29) is 18.1 Å². The van der Waals surface area contributed by atoms with Crippen LogP contribution in [-0.2, 0) is 6.42 Å². The number of aromatic nitrogens is 1. The number of nitrogens with zero attached hydrogens (tertiary/aromatic N) is 3. The molecule has 4 heteroatoms. The Bertz CT molecular complexity index is 3040. The molecule has 300 valence electrons. The van der Waals surface area contributed by atoms with Gasteiger partial charge in [0, 0.05) is 45.6 Å². The van der Waals surface area contributed by atoms with Gasteiger partial charge in [-0.25, -0.2) is 0 Å². The Morgan fingerprint density at radius 2 is 1.50 bits per heavy atom. The van der Waals surface area contributed by atoms with Crippen molar-refractivity contribution in [2.45, 2.75) is 50.2 Å². The van der Waals surface area contributed by atoms with Gasteiger partial charge < -0.3 is 14.8 Å². The van der Waals surface area contributed by atoms with Crippen LogP contribution in [0.25, 0.3) is 33.8 Å². The first-order valence-electron chi connectivity index (χ1n) is 22.4. The Hall–Kier alpha value is -7.17. The Kier molecular flexibility index (Phi) is 9.10. The molecular weight excluding hydrogens is 753 g/mol. The lowest BCUT2D eigenvalue weighted by molar-refractivity contribution is 0.618. The minimum absolute atomic E-state index is 0.138. The van der Waals surface area contributed by atoms with Gasteiger partial charge in [0.05, 0.1) is 23.0 Å². The summed E-state index contributed by atoms with van der Waals surface area (Å²) in [6.07, 6.45) is 32.9. The van der Waals surface area contributed by atoms with Gasteiger partial charge in [-0.05, 0) is 114 Å². The smallest absolute Gasteiger partial charge is 0.145 e. The number of rotatable bonds is 7. The van der Waals surface area contributed by atoms with Crippen molar-refractivity contribution in [2.24, 2.45) is 10.9 Å². The lowest BCUT2D eigenvalue weighted by Gasteiger charge is -2.31. The second kappa shape index (κ2) is 15.4. The average Bonchev–Trinajstić information content (AvgIpc) is 3.87. The molecular formula is C58H48N4. The van der Waals surface area contributed by atoms with Crippen molar-refractivity contribution in [1.82, 2.24) is 9.88 Å². The molecule has 2 aliphatic heterocycles. The minimum atomic E-state index is -0.138. The van der Waals surface area contributed by atoms with E-state index in [9.17, 15) is 0 Å². The van der Waals surface area contributed by atoms with Crippen LogP contribution in [0.5, 0.6) is 0 Å². The van der Waals surface area contributed by atoms with Gasteiger partial charge in [0.15, 0.2) is 0 Å². The monoisotopic (exact) mass is 800 g/mol. The third-order valence-electron chi connectivity index (χ3n) is 13.6. The highest BCUT2D eigenvalue weighted by atomic mass is 15.2. The van der Waals surface area contributed by atoms with Crippen LogP contribution in [0.4, 0.5) is 11.4 Å². The fraction of sp³-hybridized carbons (Fsp3) is 0.155. The Morgan fingerprint density at radius 1 is 0.694 bits per heavy atom. The van der Waals surface area contributed by atoms with E-state index in [0.717, 1.165) is 37.8 Å². The van der Waals surface area contributed by atoms with Gasteiger partial charge in [-0.3, -0.25) is 4.99 Å². The molecule has 0 saturated carbocycles. The molecule has 4 unspecified atom stereocenters. The van der Waals surface area contributed by atoms with Crippen LogP contribution in [0, 0.1) is 5.92 Å². The maximum absolute atomic E-state index is 5.29. The average molecular weight is 801 g/mol. The summed E-state index contributed by atoms with van der Waals surface area (Å²) in [6.45, 7) is 0. The minimum Gasteiger partial charge on any atom is -0.360 e. The predicted octanol–water partition coefficient (Wildman–Crippen LogP) is 13.8. The van der Waals surface area contributed by atoms with E-state index >= 15 is 0 Å². The zero-order chi connectivity index (χ0) is 41.0. The van der Waals surface area contributed by atoms with E-state index in [1.165, 1.54) is 83.9 Å². The van der Waals surface area contributed by atoms with Crippen LogP contribution >= 0.6 is 0 Å². The van der Waals surface area contributed by atoms with Crippen molar-refractivity contribution >= 4 is 34.1 Å². The van der Waals surface area contributed by atoms with Crippen molar-refractivity contribution in [3.05, 3.63) is 239 Å². The molecule has 3 heterocycles. The fourth-order valence-electron chi connectivity index (χ4n) is 10.8. The van der Waals surface area contributed by atoms with Crippen LogP contribution in [0.3, 0.4) is 0 Å². The Morgan fingerprint density at radius 3 is 2.39 bits per heavy atom. The van der Waals surface area contributed by atoms with Gasteiger partial charge in [-0.15, -0.1) is 0 Å². The number of benzene rings is 5. The van der Waals surface area contributed by atoms with Crippen molar-refractivity contribution < 1.29 is 0 Å². The number of allylic oxidation sites excluding steroid dienone is 11. The summed E-state index contributed by atoms with van der Waals surface area (Å²) in [4.78, 5) is 7.84. The number of anilines is 2. The van der Waals surface area contributed by atoms with Gasteiger partial charge in [-0.1, -0.05) is 158 Å². The fourth-order valence-corrected chi connectivity index (χ4v) is 10.8. The second-order valence-electron chi connectivity index (χ2n) is 17.2. The molecule has 4 atom stereocenters. The number of hydrogen-bond acceptors (Lipinski definition) is 3. The summed E-state index contributed by atoms with van der Waals surface area (Å²) in [6, 6.07) is 46.9. The lowest BCUT2D eigenvalue weighted by Crippen LogP contribution is -2.29. The second-order valence-corrected chi connectivity index (χ2v) is 17.2. The Balaban J connectivity index is 0.911. The van der Waals surface area contributed by atoms with E-state index in [4.69, 9.17) is 4.99 Å². The molecule has 4 nitrogen and oxygen atoms in total. The van der Waals surface area contributed by atoms with Crippen LogP contribution in [-0.4, -0.2) is 16.3 Å². The highest BCUT2D eigenvalue weighted by molar-refractivity contribution is 6.10. The molecule has 1 N–H and O–H groups in total. The van der Waals surface area contributed by atoms with Gasteiger partial charge in [0.1, 0.15) is 6.17 Å². The third-order valence-corrected chi connectivity index (χ3v) is 13.6. The quantitative estimate of drug-likeness (QED) is 0.174. The van der Waals surface area contributed by atoms with Crippen LogP contribution < -0.4 is 10.2 Å². The maximum Gasteiger partial charge on any atom is 0.145 e. The standard InChI is InChI=1S/C58H48N4/c1-4-18-39(19-5-1)52-38-53(60-58(59-52)40-20-6-2-7-21-40)47-27-11-10-26-45(47)42-34-35-56-51(37-42)49-29-13-14-32-54(49)61(56)44-25-16-22-41(36-44)46-30-17-31-50-48-28-12-15-33-55(48)62(57(46)50)43-23-8-3-9-24-43/h1-4,6-9,12-18,20-36,38,42,48,55,58,60H,5,10-11,19,37H2. The van der Waals surface area contributed by atoms with E-state index in [1.54, 1.807) is 0 Å². The molecule has 0 radical (unpaired) electrons. The molecule has 6 aliphatic rings. The predicted molar refractivity (Wildman–Crippen MR) is 258 cm³/mol. The van der Waals surface area contributed by atoms with Crippen LogP contribution in [0.1, 0.15) is 60.2 Å². The first kappa shape index (κ1) is 36.7. The largest absolute Gasteiger partial charge is 0.360 e. The molecule has 6 aromatic rings. The van der Waals surface area contributed by atoms with Gasteiger partial charge >= 0.3 is 0 Å². The summed E-state index contributed by atoms with van der Waals surface area (Å²) in [5.41, 5.74) is 19.0. The highest BCUT2D eigenvalue weighted by Crippen LogP contribution is 2.52. The zero-order valence-corrected chi connectivity index (χ0v) is 34.7. The maximum atomic E-state index is 5.29. The van der Waals surface area contributed by atoms with E-state index in [2.05, 4.69) is 215 Å². The summed E-state index contributed by atoms with van der Waals surface area (Å²) in [5.74, 6) is 0.558. The van der Waals surface area contributed by atoms with Crippen molar-refractivity contribution in [3.8, 4) is 16.8 Å². The van der Waals surface area contributed by atoms with E-state index in [1.807, 2.05) is 0 Å². The first-order chi connectivity index (χ1) is 30.8. The van der Waals surface area contributed by atoms with Gasteiger partial charge in [0.2, 0.25) is 0 Å². The van der Waals surface area contributed by atoms with Crippen molar-refractivity contribution in [1.29, 1.82) is 0 Å². The molecule has 1 aromatic heterocycles. The highest BCUT2D eigenvalue weighted by Gasteiger charge is 2.39. The summed E-state index contributed by atoms with van der Waals surface area (Å²) >= 11 is 0. The number of para-hydroxylation sites is 3. The van der Waals surface area contributed by atoms with Crippen molar-refractivity contribution in [3.63, 3.8) is 0 Å². The molecule has 5 aromatic carbocycles. The molecule has 0 bridgehead atoms. The molecule has 4 aliphatic carbocycles. The SMILES string of the molecule is C1=CCCC(C2=NC(c3ccccc3)NC(C3=CCCC=C3C3C=Cc4c(c5ccccc5n4-c4cccc(-c5cccc6c5N(c5ccccc5)C5C=CC=CC65)c4)C3)=C2)=C1. The third kappa shape index (κ3) is 6.24.